The van der Waals surface area contributed by atoms with E-state index in [9.17, 15) is 4.39 Å². The highest BCUT2D eigenvalue weighted by Crippen LogP contribution is 2.12. The van der Waals surface area contributed by atoms with Crippen LogP contribution in [0.2, 0.25) is 0 Å². The molecule has 4 heteroatoms. The molecule has 0 unspecified atom stereocenters. The summed E-state index contributed by atoms with van der Waals surface area (Å²) in [4.78, 5) is 0. The number of nitrogens with two attached hydrogens (primary N) is 1. The molecule has 0 amide bonds. The maximum Gasteiger partial charge on any atom is 0.139 e. The Morgan fingerprint density at radius 3 is 2.67 bits per heavy atom. The van der Waals surface area contributed by atoms with E-state index in [1.807, 2.05) is 6.07 Å². The number of nitrogens with zero attached hydrogens (tertiary/aromatic N) is 1. The topological polar surface area (TPSA) is 59.0 Å². The first-order chi connectivity index (χ1) is 7.26. The molecule has 15 heavy (non-hydrogen) atoms. The van der Waals surface area contributed by atoms with E-state index in [0.717, 1.165) is 0 Å². The molecule has 0 saturated carbocycles. The lowest BCUT2D eigenvalue weighted by molar-refractivity contribution is 0.318. The summed E-state index contributed by atoms with van der Waals surface area (Å²) in [5.41, 5.74) is 5.67. The van der Waals surface area contributed by atoms with Crippen LogP contribution in [0.4, 0.5) is 4.39 Å². The third-order valence-electron chi connectivity index (χ3n) is 1.70. The summed E-state index contributed by atoms with van der Waals surface area (Å²) in [5, 5.41) is 8.54. The van der Waals surface area contributed by atoms with E-state index >= 15 is 0 Å². The molecule has 0 fully saturated rings. The molecule has 0 aliphatic carbocycles. The third kappa shape index (κ3) is 3.79. The van der Waals surface area contributed by atoms with Crippen LogP contribution in [0, 0.1) is 11.3 Å². The maximum absolute atomic E-state index is 12.8. The van der Waals surface area contributed by atoms with Crippen LogP contribution in [0.1, 0.15) is 5.56 Å². The van der Waals surface area contributed by atoms with Gasteiger partial charge in [0.1, 0.15) is 18.2 Å². The first kappa shape index (κ1) is 11.2. The Labute approximate surface area is 87.6 Å². The van der Waals surface area contributed by atoms with Gasteiger partial charge in [-0.15, -0.1) is 0 Å². The van der Waals surface area contributed by atoms with E-state index in [-0.39, 0.29) is 13.2 Å². The van der Waals surface area contributed by atoms with Crippen LogP contribution in [0.5, 0.6) is 5.75 Å². The van der Waals surface area contributed by atoms with Crippen LogP contribution in [0.25, 0.3) is 0 Å². The third-order valence-corrected chi connectivity index (χ3v) is 1.70. The largest absolute Gasteiger partial charge is 0.487 e. The molecule has 2 N–H and O–H groups in total. The molecule has 1 rings (SSSR count). The van der Waals surface area contributed by atoms with Crippen LogP contribution in [-0.4, -0.2) is 13.2 Å². The zero-order valence-electron chi connectivity index (χ0n) is 8.11. The Balaban J connectivity index is 2.52. The van der Waals surface area contributed by atoms with Crippen molar-refractivity contribution < 1.29 is 9.13 Å². The Bertz CT molecular complexity index is 379. The molecular weight excluding hydrogens is 195 g/mol. The van der Waals surface area contributed by atoms with Gasteiger partial charge in [0.25, 0.3) is 0 Å². The fourth-order valence-electron chi connectivity index (χ4n) is 0.965. The van der Waals surface area contributed by atoms with Crippen LogP contribution >= 0.6 is 0 Å². The Morgan fingerprint density at radius 2 is 2.13 bits per heavy atom. The summed E-state index contributed by atoms with van der Waals surface area (Å²) in [6, 6.07) is 8.44. The minimum absolute atomic E-state index is 0.136. The summed E-state index contributed by atoms with van der Waals surface area (Å²) in [5.74, 6) is 0.122. The van der Waals surface area contributed by atoms with Gasteiger partial charge in [-0.3, -0.25) is 0 Å². The zero-order valence-corrected chi connectivity index (χ0v) is 8.11. The highest BCUT2D eigenvalue weighted by molar-refractivity contribution is 5.34. The molecule has 0 spiro atoms. The molecule has 0 radical (unpaired) electrons. The van der Waals surface area contributed by atoms with Crippen molar-refractivity contribution in [1.82, 2.24) is 0 Å². The zero-order chi connectivity index (χ0) is 11.1. The predicted octanol–water partition coefficient (Wildman–Crippen LogP) is 1.75. The number of ether oxygens (including phenoxy) is 1. The van der Waals surface area contributed by atoms with Crippen LogP contribution in [0.15, 0.2) is 36.2 Å². The number of halogens is 1. The lowest BCUT2D eigenvalue weighted by atomic mass is 10.2. The summed E-state index contributed by atoms with van der Waals surface area (Å²) >= 11 is 0. The van der Waals surface area contributed by atoms with Crippen molar-refractivity contribution in [2.45, 2.75) is 0 Å². The Hall–Kier alpha value is -1.86. The molecular formula is C11H11FN2O. The van der Waals surface area contributed by atoms with Gasteiger partial charge >= 0.3 is 0 Å². The quantitative estimate of drug-likeness (QED) is 0.816. The van der Waals surface area contributed by atoms with Gasteiger partial charge in [0.2, 0.25) is 0 Å². The Morgan fingerprint density at radius 1 is 1.47 bits per heavy atom. The highest BCUT2D eigenvalue weighted by atomic mass is 19.1. The molecule has 0 aliphatic heterocycles. The van der Waals surface area contributed by atoms with Gasteiger partial charge in [0.15, 0.2) is 0 Å². The van der Waals surface area contributed by atoms with Crippen LogP contribution in [-0.2, 0) is 0 Å². The summed E-state index contributed by atoms with van der Waals surface area (Å²) in [6.45, 7) is 0.0195. The van der Waals surface area contributed by atoms with Crippen molar-refractivity contribution >= 4 is 0 Å². The maximum atomic E-state index is 12.8. The van der Waals surface area contributed by atoms with Gasteiger partial charge in [0.05, 0.1) is 11.6 Å². The summed E-state index contributed by atoms with van der Waals surface area (Å²) < 4.78 is 17.9. The normalized spacial score (nSPS) is 10.9. The highest BCUT2D eigenvalue weighted by Gasteiger charge is 1.97. The van der Waals surface area contributed by atoms with Gasteiger partial charge in [0, 0.05) is 6.54 Å². The monoisotopic (exact) mass is 206 g/mol. The number of hydrogen-bond donors (Lipinski definition) is 1. The van der Waals surface area contributed by atoms with Crippen molar-refractivity contribution in [1.29, 1.82) is 5.26 Å². The first-order valence-electron chi connectivity index (χ1n) is 4.44. The molecule has 78 valence electrons. The van der Waals surface area contributed by atoms with Crippen molar-refractivity contribution in [3.05, 3.63) is 41.7 Å². The molecule has 0 atom stereocenters. The molecule has 0 heterocycles. The van der Waals surface area contributed by atoms with Crippen molar-refractivity contribution in [3.8, 4) is 11.8 Å². The summed E-state index contributed by atoms with van der Waals surface area (Å²) in [7, 11) is 0. The van der Waals surface area contributed by atoms with Crippen molar-refractivity contribution in [2.24, 2.45) is 5.73 Å². The Kier molecular flexibility index (Phi) is 4.32. The summed E-state index contributed by atoms with van der Waals surface area (Å²) in [6.07, 6.45) is 1.25. The minimum atomic E-state index is -0.401. The van der Waals surface area contributed by atoms with E-state index in [2.05, 4.69) is 0 Å². The van der Waals surface area contributed by atoms with Crippen molar-refractivity contribution in [3.63, 3.8) is 0 Å². The SMILES string of the molecule is N#Cc1ccc(OC/C(F)=C/CN)cc1. The smallest absolute Gasteiger partial charge is 0.139 e. The van der Waals surface area contributed by atoms with E-state index < -0.39 is 5.83 Å². The molecule has 1 aromatic carbocycles. The van der Waals surface area contributed by atoms with Crippen molar-refractivity contribution in [2.75, 3.05) is 13.2 Å². The van der Waals surface area contributed by atoms with Crippen LogP contribution in [0.3, 0.4) is 0 Å². The lowest BCUT2D eigenvalue weighted by Gasteiger charge is -2.03. The fourth-order valence-corrected chi connectivity index (χ4v) is 0.965. The molecule has 0 aromatic heterocycles. The molecule has 1 aromatic rings. The standard InChI is InChI=1S/C11H11FN2O/c12-10(5-6-13)8-15-11-3-1-9(7-14)2-4-11/h1-5H,6,8,13H2/b10-5-. The second kappa shape index (κ2) is 5.78. The minimum Gasteiger partial charge on any atom is -0.487 e. The van der Waals surface area contributed by atoms with E-state index in [1.54, 1.807) is 24.3 Å². The molecule has 0 bridgehead atoms. The van der Waals surface area contributed by atoms with E-state index in [1.165, 1.54) is 6.08 Å². The van der Waals surface area contributed by atoms with Gasteiger partial charge < -0.3 is 10.5 Å². The molecule has 3 nitrogen and oxygen atoms in total. The van der Waals surface area contributed by atoms with E-state index in [0.29, 0.717) is 11.3 Å². The predicted molar refractivity (Wildman–Crippen MR) is 54.9 cm³/mol. The lowest BCUT2D eigenvalue weighted by Crippen LogP contribution is -2.01. The van der Waals surface area contributed by atoms with Gasteiger partial charge in [-0.05, 0) is 30.3 Å². The number of nitriles is 1. The second-order valence-electron chi connectivity index (χ2n) is 2.81. The average molecular weight is 206 g/mol. The first-order valence-corrected chi connectivity index (χ1v) is 4.44. The van der Waals surface area contributed by atoms with Gasteiger partial charge in [-0.2, -0.15) is 5.26 Å². The number of benzene rings is 1. The average Bonchev–Trinajstić information content (AvgIpc) is 2.27. The van der Waals surface area contributed by atoms with Crippen LogP contribution < -0.4 is 10.5 Å². The van der Waals surface area contributed by atoms with Gasteiger partial charge in [-0.1, -0.05) is 0 Å². The molecule has 0 aliphatic rings. The van der Waals surface area contributed by atoms with Gasteiger partial charge in [-0.25, -0.2) is 4.39 Å². The number of rotatable bonds is 4. The number of hydrogen-bond acceptors (Lipinski definition) is 3. The fraction of sp³-hybridized carbons (Fsp3) is 0.182. The van der Waals surface area contributed by atoms with E-state index in [4.69, 9.17) is 15.7 Å². The molecule has 0 saturated heterocycles. The second-order valence-corrected chi connectivity index (χ2v) is 2.81.